The van der Waals surface area contributed by atoms with Crippen LogP contribution in [0.2, 0.25) is 0 Å². The first-order valence-corrected chi connectivity index (χ1v) is 6.60. The van der Waals surface area contributed by atoms with Gasteiger partial charge in [0.05, 0.1) is 5.69 Å². The molecule has 0 saturated carbocycles. The van der Waals surface area contributed by atoms with Crippen LogP contribution in [0.15, 0.2) is 41.0 Å². The van der Waals surface area contributed by atoms with Crippen molar-refractivity contribution in [1.82, 2.24) is 5.32 Å². The van der Waals surface area contributed by atoms with Crippen molar-refractivity contribution >= 4 is 11.4 Å². The summed E-state index contributed by atoms with van der Waals surface area (Å²) in [5.41, 5.74) is 5.89. The number of hydrogen-bond donors (Lipinski definition) is 2. The number of nitrogens with zero attached hydrogens (tertiary/aromatic N) is 1. The van der Waals surface area contributed by atoms with Gasteiger partial charge in [0.1, 0.15) is 5.70 Å². The summed E-state index contributed by atoms with van der Waals surface area (Å²) < 4.78 is 37.5. The third kappa shape index (κ3) is 5.59. The van der Waals surface area contributed by atoms with Crippen LogP contribution < -0.4 is 11.1 Å². The second-order valence-electron chi connectivity index (χ2n) is 4.99. The lowest BCUT2D eigenvalue weighted by molar-refractivity contribution is -0.0925. The van der Waals surface area contributed by atoms with Crippen LogP contribution in [-0.4, -0.2) is 18.9 Å². The van der Waals surface area contributed by atoms with E-state index in [1.807, 2.05) is 19.2 Å². The number of hydrogen-bond acceptors (Lipinski definition) is 3. The van der Waals surface area contributed by atoms with Gasteiger partial charge < -0.3 is 11.1 Å². The maximum absolute atomic E-state index is 12.5. The zero-order valence-electron chi connectivity index (χ0n) is 12.3. The van der Waals surface area contributed by atoms with Crippen LogP contribution in [0.4, 0.5) is 18.9 Å². The molecule has 0 heterocycles. The van der Waals surface area contributed by atoms with Crippen LogP contribution in [0.1, 0.15) is 19.4 Å². The maximum Gasteiger partial charge on any atom is 0.430 e. The number of nitrogens with one attached hydrogen (secondary N) is 1. The Bertz CT molecular complexity index is 514. The molecule has 1 rings (SSSR count). The molecule has 3 N–H and O–H groups in total. The molecule has 0 aromatic heterocycles. The number of allylic oxidation sites excluding steroid dienone is 2. The number of nitrogens with two attached hydrogens (primary N) is 1. The highest BCUT2D eigenvalue weighted by Gasteiger charge is 2.31. The number of benzene rings is 1. The van der Waals surface area contributed by atoms with Crippen LogP contribution in [0, 0.1) is 5.92 Å². The zero-order chi connectivity index (χ0) is 16.0. The summed E-state index contributed by atoms with van der Waals surface area (Å²) >= 11 is 0. The van der Waals surface area contributed by atoms with Crippen LogP contribution in [0.3, 0.4) is 0 Å². The Kier molecular flexibility index (Phi) is 5.96. The molecule has 0 spiro atoms. The first-order chi connectivity index (χ1) is 9.74. The molecule has 0 saturated heterocycles. The summed E-state index contributed by atoms with van der Waals surface area (Å²) in [6, 6.07) is 7.30. The fourth-order valence-corrected chi connectivity index (χ4v) is 1.61. The van der Waals surface area contributed by atoms with Crippen LogP contribution in [0.25, 0.3) is 0 Å². The molecule has 3 nitrogen and oxygen atoms in total. The topological polar surface area (TPSA) is 50.4 Å². The average Bonchev–Trinajstić information content (AvgIpc) is 2.39. The molecule has 116 valence electrons. The van der Waals surface area contributed by atoms with Gasteiger partial charge in [-0.1, -0.05) is 26.0 Å². The van der Waals surface area contributed by atoms with E-state index in [0.29, 0.717) is 11.4 Å². The maximum atomic E-state index is 12.5. The Labute approximate surface area is 122 Å². The number of rotatable bonds is 5. The summed E-state index contributed by atoms with van der Waals surface area (Å²) in [6.45, 7) is 4.27. The first-order valence-electron chi connectivity index (χ1n) is 6.60. The molecule has 0 aliphatic heterocycles. The number of aliphatic imine (C=N–C) groups is 1. The summed E-state index contributed by atoms with van der Waals surface area (Å²) in [5.74, 6) is -0.164. The zero-order valence-corrected chi connectivity index (χ0v) is 12.3. The van der Waals surface area contributed by atoms with Crippen molar-refractivity contribution in [1.29, 1.82) is 0 Å². The largest absolute Gasteiger partial charge is 0.430 e. The molecule has 0 unspecified atom stereocenters. The second kappa shape index (κ2) is 7.26. The lowest BCUT2D eigenvalue weighted by Crippen LogP contribution is -2.21. The molecule has 0 atom stereocenters. The van der Waals surface area contributed by atoms with Crippen molar-refractivity contribution < 1.29 is 13.2 Å². The van der Waals surface area contributed by atoms with Crippen molar-refractivity contribution in [2.24, 2.45) is 16.6 Å². The Hall–Kier alpha value is -1.82. The molecule has 1 aromatic rings. The van der Waals surface area contributed by atoms with Gasteiger partial charge in [-0.2, -0.15) is 13.2 Å². The predicted molar refractivity (Wildman–Crippen MR) is 79.5 cm³/mol. The van der Waals surface area contributed by atoms with Crippen LogP contribution in [-0.2, 0) is 6.54 Å². The van der Waals surface area contributed by atoms with Gasteiger partial charge in [-0.15, -0.1) is 0 Å². The molecular formula is C15H20F3N3. The minimum atomic E-state index is -4.54. The Morgan fingerprint density at radius 3 is 2.29 bits per heavy atom. The molecular weight excluding hydrogens is 279 g/mol. The normalized spacial score (nSPS) is 13.9. The van der Waals surface area contributed by atoms with Crippen molar-refractivity contribution in [3.05, 3.63) is 41.6 Å². The van der Waals surface area contributed by atoms with E-state index in [1.54, 1.807) is 26.0 Å². The molecule has 0 radical (unpaired) electrons. The Morgan fingerprint density at radius 1 is 1.29 bits per heavy atom. The predicted octanol–water partition coefficient (Wildman–Crippen LogP) is 3.54. The molecule has 6 heteroatoms. The molecule has 0 fully saturated rings. The van der Waals surface area contributed by atoms with E-state index in [4.69, 9.17) is 5.73 Å². The molecule has 21 heavy (non-hydrogen) atoms. The monoisotopic (exact) mass is 299 g/mol. The summed E-state index contributed by atoms with van der Waals surface area (Å²) in [6.07, 6.45) is -3.64. The standard InChI is InChI=1S/C15H20F3N3/c1-10(2)13(8-14(19)15(16,17)18)21-12-6-4-11(5-7-12)9-20-3/h4-8,10,20H,9,19H2,1-3H3/b14-8-,21-13?. The Morgan fingerprint density at radius 2 is 1.86 bits per heavy atom. The molecule has 1 aromatic carbocycles. The van der Waals surface area contributed by atoms with Crippen molar-refractivity contribution in [2.75, 3.05) is 7.05 Å². The number of halogens is 3. The van der Waals surface area contributed by atoms with Crippen molar-refractivity contribution in [3.8, 4) is 0 Å². The summed E-state index contributed by atoms with van der Waals surface area (Å²) in [4.78, 5) is 4.25. The molecule has 0 amide bonds. The van der Waals surface area contributed by atoms with Crippen LogP contribution in [0.5, 0.6) is 0 Å². The summed E-state index contributed by atoms with van der Waals surface area (Å²) in [5, 5.41) is 3.02. The highest BCUT2D eigenvalue weighted by molar-refractivity contribution is 5.98. The van der Waals surface area contributed by atoms with Gasteiger partial charge in [0.25, 0.3) is 0 Å². The third-order valence-corrected chi connectivity index (χ3v) is 2.80. The van der Waals surface area contributed by atoms with E-state index in [0.717, 1.165) is 18.2 Å². The minimum Gasteiger partial charge on any atom is -0.395 e. The van der Waals surface area contributed by atoms with Gasteiger partial charge in [-0.25, -0.2) is 0 Å². The highest BCUT2D eigenvalue weighted by atomic mass is 19.4. The smallest absolute Gasteiger partial charge is 0.395 e. The highest BCUT2D eigenvalue weighted by Crippen LogP contribution is 2.23. The first kappa shape index (κ1) is 17.2. The van der Waals surface area contributed by atoms with E-state index in [2.05, 4.69) is 10.3 Å². The van der Waals surface area contributed by atoms with Gasteiger partial charge in [0.15, 0.2) is 0 Å². The minimum absolute atomic E-state index is 0.164. The molecule has 0 bridgehead atoms. The van der Waals surface area contributed by atoms with Crippen molar-refractivity contribution in [2.45, 2.75) is 26.6 Å². The van der Waals surface area contributed by atoms with E-state index in [9.17, 15) is 13.2 Å². The average molecular weight is 299 g/mol. The van der Waals surface area contributed by atoms with Gasteiger partial charge in [0, 0.05) is 12.3 Å². The quantitative estimate of drug-likeness (QED) is 0.817. The second-order valence-corrected chi connectivity index (χ2v) is 4.99. The summed E-state index contributed by atoms with van der Waals surface area (Å²) in [7, 11) is 1.84. The third-order valence-electron chi connectivity index (χ3n) is 2.80. The van der Waals surface area contributed by atoms with Crippen molar-refractivity contribution in [3.63, 3.8) is 0 Å². The van der Waals surface area contributed by atoms with E-state index in [1.165, 1.54) is 0 Å². The van der Waals surface area contributed by atoms with Gasteiger partial charge in [-0.3, -0.25) is 4.99 Å². The van der Waals surface area contributed by atoms with Gasteiger partial charge >= 0.3 is 6.18 Å². The fraction of sp³-hybridized carbons (Fsp3) is 0.400. The van der Waals surface area contributed by atoms with Crippen LogP contribution >= 0.6 is 0 Å². The lowest BCUT2D eigenvalue weighted by atomic mass is 10.1. The Balaban J connectivity index is 3.05. The SMILES string of the molecule is CNCc1ccc(N=C(/C=C(\N)C(F)(F)F)C(C)C)cc1. The number of alkyl halides is 3. The molecule has 0 aliphatic rings. The van der Waals surface area contributed by atoms with E-state index < -0.39 is 11.9 Å². The fourth-order valence-electron chi connectivity index (χ4n) is 1.61. The van der Waals surface area contributed by atoms with E-state index in [-0.39, 0.29) is 5.92 Å². The molecule has 0 aliphatic carbocycles. The van der Waals surface area contributed by atoms with Gasteiger partial charge in [0.2, 0.25) is 0 Å². The lowest BCUT2D eigenvalue weighted by Gasteiger charge is -2.10. The van der Waals surface area contributed by atoms with E-state index >= 15 is 0 Å². The van der Waals surface area contributed by atoms with Gasteiger partial charge in [-0.05, 0) is 36.7 Å².